The van der Waals surface area contributed by atoms with E-state index in [9.17, 15) is 0 Å². The maximum Gasteiger partial charge on any atom is 0.166 e. The molecule has 0 bridgehead atoms. The van der Waals surface area contributed by atoms with E-state index in [2.05, 4.69) is 212 Å². The molecule has 0 N–H and O–H groups in total. The number of nitrogens with zero attached hydrogens (tertiary/aromatic N) is 4. The van der Waals surface area contributed by atoms with Crippen LogP contribution in [0.3, 0.4) is 0 Å². The van der Waals surface area contributed by atoms with E-state index in [0.717, 1.165) is 88.4 Å². The standard InChI is InChI=1S/C65H44N4O/c1-3-5-27-47(4-2)69-58-34-17-15-28-49(58)51-31-20-33-53(60(51)69)64-67-62(42-21-9-6-10-22-42)66-63(68-64)44-37-39-57-55(41-44)54-40-43(48-30-19-32-52-50-29-16-18-35-59(50)70-61(48)52)36-38-56(54)65(57,45-23-11-7-12-24-45)46-25-13-8-14-26-46/h3-41H,1H2,2H3/b27-5-,47-4+. The lowest BCUT2D eigenvalue weighted by atomic mass is 9.67. The van der Waals surface area contributed by atoms with Crippen molar-refractivity contribution in [3.63, 3.8) is 0 Å². The van der Waals surface area contributed by atoms with Crippen molar-refractivity contribution in [3.8, 4) is 56.4 Å². The van der Waals surface area contributed by atoms with Gasteiger partial charge in [0.1, 0.15) is 11.2 Å². The minimum atomic E-state index is -0.608. The van der Waals surface area contributed by atoms with Gasteiger partial charge < -0.3 is 8.98 Å². The summed E-state index contributed by atoms with van der Waals surface area (Å²) >= 11 is 0. The zero-order chi connectivity index (χ0) is 46.8. The maximum atomic E-state index is 6.63. The van der Waals surface area contributed by atoms with Gasteiger partial charge in [0.05, 0.1) is 16.4 Å². The van der Waals surface area contributed by atoms with E-state index >= 15 is 0 Å². The second kappa shape index (κ2) is 16.5. The average molecular weight is 897 g/mol. The molecule has 0 saturated heterocycles. The third-order valence-electron chi connectivity index (χ3n) is 14.1. The highest BCUT2D eigenvalue weighted by Gasteiger charge is 2.46. The van der Waals surface area contributed by atoms with Gasteiger partial charge in [0.2, 0.25) is 0 Å². The topological polar surface area (TPSA) is 56.7 Å². The monoisotopic (exact) mass is 896 g/mol. The molecule has 0 radical (unpaired) electrons. The SMILES string of the molecule is C=C/C=C\C(=C/C)n1c2ccccc2c2cccc(-c3nc(-c4ccccc4)nc(-c4ccc5c(c4)-c4cc(-c6cccc7c6oc6ccccc67)ccc4C5(c4ccccc4)c4ccccc4)n3)c21. The second-order valence-corrected chi connectivity index (χ2v) is 17.8. The summed E-state index contributed by atoms with van der Waals surface area (Å²) in [5.41, 5.74) is 16.2. The molecule has 5 nitrogen and oxygen atoms in total. The molecule has 0 unspecified atom stereocenters. The molecule has 9 aromatic carbocycles. The first-order chi connectivity index (χ1) is 34.6. The smallest absolute Gasteiger partial charge is 0.166 e. The van der Waals surface area contributed by atoms with Crippen molar-refractivity contribution in [2.45, 2.75) is 12.3 Å². The molecule has 3 heterocycles. The first-order valence-electron chi connectivity index (χ1n) is 23.8. The molecule has 1 aliphatic rings. The summed E-state index contributed by atoms with van der Waals surface area (Å²) < 4.78 is 8.95. The number of aromatic nitrogens is 4. The molecule has 0 atom stereocenters. The molecule has 13 rings (SSSR count). The van der Waals surface area contributed by atoms with E-state index in [-0.39, 0.29) is 0 Å². The molecule has 330 valence electrons. The van der Waals surface area contributed by atoms with Crippen LogP contribution in [0.1, 0.15) is 29.2 Å². The van der Waals surface area contributed by atoms with E-state index in [4.69, 9.17) is 19.4 Å². The van der Waals surface area contributed by atoms with E-state index in [1.54, 1.807) is 0 Å². The van der Waals surface area contributed by atoms with Crippen molar-refractivity contribution in [1.29, 1.82) is 0 Å². The van der Waals surface area contributed by atoms with Crippen molar-refractivity contribution in [2.75, 3.05) is 0 Å². The van der Waals surface area contributed by atoms with Crippen LogP contribution in [-0.2, 0) is 5.41 Å². The number of benzene rings is 9. The fraction of sp³-hybridized carbons (Fsp3) is 0.0308. The predicted octanol–water partition coefficient (Wildman–Crippen LogP) is 16.5. The molecule has 1 aliphatic carbocycles. The summed E-state index contributed by atoms with van der Waals surface area (Å²) in [5, 5.41) is 4.48. The van der Waals surface area contributed by atoms with E-state index in [1.165, 1.54) is 22.3 Å². The van der Waals surface area contributed by atoms with Gasteiger partial charge in [0.25, 0.3) is 0 Å². The highest BCUT2D eigenvalue weighted by Crippen LogP contribution is 2.57. The van der Waals surface area contributed by atoms with Crippen LogP contribution < -0.4 is 0 Å². The van der Waals surface area contributed by atoms with Gasteiger partial charge in [-0.2, -0.15) is 0 Å². The van der Waals surface area contributed by atoms with Gasteiger partial charge in [0.15, 0.2) is 17.5 Å². The molecular formula is C65H44N4O. The normalized spacial score (nSPS) is 13.1. The fourth-order valence-electron chi connectivity index (χ4n) is 11.1. The molecule has 3 aromatic heterocycles. The average Bonchev–Trinajstić information content (AvgIpc) is 4.08. The van der Waals surface area contributed by atoms with Crippen LogP contribution in [0.25, 0.3) is 106 Å². The van der Waals surface area contributed by atoms with Crippen molar-refractivity contribution in [1.82, 2.24) is 19.5 Å². The summed E-state index contributed by atoms with van der Waals surface area (Å²) in [6, 6.07) is 75.6. The molecule has 12 aromatic rings. The second-order valence-electron chi connectivity index (χ2n) is 17.8. The summed E-state index contributed by atoms with van der Waals surface area (Å²) in [6.07, 6.45) is 8.02. The third kappa shape index (κ3) is 6.29. The lowest BCUT2D eigenvalue weighted by Gasteiger charge is -2.34. The van der Waals surface area contributed by atoms with Crippen LogP contribution in [0.2, 0.25) is 0 Å². The van der Waals surface area contributed by atoms with Gasteiger partial charge in [-0.15, -0.1) is 0 Å². The number of allylic oxidation sites excluding steroid dienone is 5. The Kier molecular flexibility index (Phi) is 9.70. The lowest BCUT2D eigenvalue weighted by molar-refractivity contribution is 0.670. The van der Waals surface area contributed by atoms with Crippen LogP contribution in [0.5, 0.6) is 0 Å². The molecule has 5 heteroatoms. The Bertz CT molecular complexity index is 4050. The summed E-state index contributed by atoms with van der Waals surface area (Å²) in [5.74, 6) is 1.78. The van der Waals surface area contributed by atoms with Gasteiger partial charge in [-0.1, -0.05) is 207 Å². The Hall–Kier alpha value is -9.19. The molecule has 0 spiro atoms. The highest BCUT2D eigenvalue weighted by atomic mass is 16.3. The molecule has 0 amide bonds. The van der Waals surface area contributed by atoms with Gasteiger partial charge in [-0.25, -0.2) is 15.0 Å². The van der Waals surface area contributed by atoms with Crippen molar-refractivity contribution in [3.05, 3.63) is 265 Å². The highest BCUT2D eigenvalue weighted by molar-refractivity contribution is 6.14. The van der Waals surface area contributed by atoms with Crippen LogP contribution in [0, 0.1) is 0 Å². The zero-order valence-corrected chi connectivity index (χ0v) is 38.4. The number of rotatable bonds is 9. The van der Waals surface area contributed by atoms with Crippen molar-refractivity contribution in [2.24, 2.45) is 0 Å². The maximum absolute atomic E-state index is 6.63. The Morgan fingerprint density at radius 1 is 0.486 bits per heavy atom. The minimum absolute atomic E-state index is 0.589. The Morgan fingerprint density at radius 2 is 1.04 bits per heavy atom. The van der Waals surface area contributed by atoms with E-state index in [0.29, 0.717) is 17.5 Å². The van der Waals surface area contributed by atoms with Gasteiger partial charge in [-0.05, 0) is 82.3 Å². The summed E-state index contributed by atoms with van der Waals surface area (Å²) in [4.78, 5) is 16.1. The van der Waals surface area contributed by atoms with Crippen LogP contribution in [0.4, 0.5) is 0 Å². The van der Waals surface area contributed by atoms with Crippen LogP contribution >= 0.6 is 0 Å². The first-order valence-corrected chi connectivity index (χ1v) is 23.8. The Balaban J connectivity index is 1.07. The minimum Gasteiger partial charge on any atom is -0.455 e. The lowest BCUT2D eigenvalue weighted by Crippen LogP contribution is -2.28. The Morgan fingerprint density at radius 3 is 1.74 bits per heavy atom. The van der Waals surface area contributed by atoms with E-state index < -0.39 is 5.41 Å². The quantitative estimate of drug-likeness (QED) is 0.135. The molecule has 0 aliphatic heterocycles. The fourth-order valence-corrected chi connectivity index (χ4v) is 11.1. The third-order valence-corrected chi connectivity index (χ3v) is 14.1. The number of hydrogen-bond donors (Lipinski definition) is 0. The number of fused-ring (bicyclic) bond motifs is 9. The van der Waals surface area contributed by atoms with E-state index in [1.807, 2.05) is 42.5 Å². The Labute approximate surface area is 405 Å². The van der Waals surface area contributed by atoms with Crippen LogP contribution in [-0.4, -0.2) is 19.5 Å². The number of hydrogen-bond acceptors (Lipinski definition) is 4. The summed E-state index contributed by atoms with van der Waals surface area (Å²) in [6.45, 7) is 6.04. The van der Waals surface area contributed by atoms with Crippen molar-refractivity contribution < 1.29 is 4.42 Å². The van der Waals surface area contributed by atoms with Gasteiger partial charge in [-0.3, -0.25) is 0 Å². The van der Waals surface area contributed by atoms with Gasteiger partial charge >= 0.3 is 0 Å². The molecule has 0 saturated carbocycles. The van der Waals surface area contributed by atoms with Crippen molar-refractivity contribution >= 4 is 49.4 Å². The number of furan rings is 1. The molecule has 0 fully saturated rings. The number of para-hydroxylation sites is 4. The molecular weight excluding hydrogens is 853 g/mol. The predicted molar refractivity (Wildman–Crippen MR) is 288 cm³/mol. The zero-order valence-electron chi connectivity index (χ0n) is 38.4. The van der Waals surface area contributed by atoms with Gasteiger partial charge in [0, 0.05) is 49.5 Å². The van der Waals surface area contributed by atoms with Crippen LogP contribution in [0.15, 0.2) is 248 Å². The molecule has 70 heavy (non-hydrogen) atoms. The summed E-state index contributed by atoms with van der Waals surface area (Å²) in [7, 11) is 0. The first kappa shape index (κ1) is 41.0. The largest absolute Gasteiger partial charge is 0.455 e.